The van der Waals surface area contributed by atoms with Crippen molar-refractivity contribution in [2.24, 2.45) is 0 Å². The minimum Gasteiger partial charge on any atom is -0.432 e. The Kier molecular flexibility index (Phi) is 4.33. The molecule has 2 atom stereocenters. The van der Waals surface area contributed by atoms with E-state index < -0.39 is 18.2 Å². The molecule has 2 unspecified atom stereocenters. The summed E-state index contributed by atoms with van der Waals surface area (Å²) in [7, 11) is 0. The number of halogens is 3. The lowest BCUT2D eigenvalue weighted by atomic mass is 9.99. The van der Waals surface area contributed by atoms with Gasteiger partial charge < -0.3 is 9.47 Å². The van der Waals surface area contributed by atoms with Gasteiger partial charge >= 0.3 is 6.61 Å². The fourth-order valence-corrected chi connectivity index (χ4v) is 2.72. The largest absolute Gasteiger partial charge is 0.432 e. The van der Waals surface area contributed by atoms with Gasteiger partial charge in [0.25, 0.3) is 0 Å². The number of hydrogen-bond donors (Lipinski definition) is 0. The monoisotopic (exact) mass is 312 g/mol. The van der Waals surface area contributed by atoms with E-state index in [1.165, 1.54) is 6.07 Å². The maximum atomic E-state index is 13.6. The number of benzene rings is 1. The Hall–Kier alpha value is -2.02. The summed E-state index contributed by atoms with van der Waals surface area (Å²) in [4.78, 5) is 0. The molecule has 1 saturated heterocycles. The first-order chi connectivity index (χ1) is 10.6. The Labute approximate surface area is 125 Å². The molecular formula is C15H15F3N2O2. The second-order valence-electron chi connectivity index (χ2n) is 5.05. The van der Waals surface area contributed by atoms with Crippen molar-refractivity contribution in [3.05, 3.63) is 48.0 Å². The zero-order valence-corrected chi connectivity index (χ0v) is 11.7. The predicted molar refractivity (Wildman–Crippen MR) is 72.4 cm³/mol. The normalized spacial score (nSPS) is 19.5. The van der Waals surface area contributed by atoms with Crippen LogP contribution in [0, 0.1) is 5.82 Å². The van der Waals surface area contributed by atoms with E-state index in [9.17, 15) is 13.2 Å². The van der Waals surface area contributed by atoms with Crippen molar-refractivity contribution in [3.63, 3.8) is 0 Å². The Morgan fingerprint density at radius 2 is 2.23 bits per heavy atom. The molecule has 0 radical (unpaired) electrons. The Balaban J connectivity index is 1.97. The predicted octanol–water partition coefficient (Wildman–Crippen LogP) is 3.39. The summed E-state index contributed by atoms with van der Waals surface area (Å²) in [5.74, 6) is -1.29. The first-order valence-corrected chi connectivity index (χ1v) is 7.00. The summed E-state index contributed by atoms with van der Waals surface area (Å²) in [6, 6.07) is 5.41. The van der Waals surface area contributed by atoms with Crippen LogP contribution in [0.2, 0.25) is 0 Å². The average Bonchev–Trinajstić information content (AvgIpc) is 3.16. The summed E-state index contributed by atoms with van der Waals surface area (Å²) in [5, 5.41) is 4.20. The number of alkyl halides is 2. The molecule has 3 rings (SSSR count). The van der Waals surface area contributed by atoms with Gasteiger partial charge in [0.2, 0.25) is 0 Å². The van der Waals surface area contributed by atoms with E-state index in [-0.39, 0.29) is 12.1 Å². The highest BCUT2D eigenvalue weighted by Gasteiger charge is 2.30. The topological polar surface area (TPSA) is 36.3 Å². The summed E-state index contributed by atoms with van der Waals surface area (Å²) >= 11 is 0. The first kappa shape index (κ1) is 14.9. The van der Waals surface area contributed by atoms with Crippen LogP contribution < -0.4 is 4.74 Å². The van der Waals surface area contributed by atoms with Crippen LogP contribution in [0.5, 0.6) is 5.75 Å². The number of nitrogens with zero attached hydrogens (tertiary/aromatic N) is 2. The van der Waals surface area contributed by atoms with Crippen LogP contribution in [0.15, 0.2) is 36.7 Å². The van der Waals surface area contributed by atoms with Gasteiger partial charge in [-0.3, -0.25) is 4.68 Å². The zero-order chi connectivity index (χ0) is 15.5. The van der Waals surface area contributed by atoms with Gasteiger partial charge in [0.05, 0.1) is 6.10 Å². The van der Waals surface area contributed by atoms with Gasteiger partial charge in [0.1, 0.15) is 6.04 Å². The minimum absolute atomic E-state index is 0.134. The molecule has 118 valence electrons. The Morgan fingerprint density at radius 1 is 1.36 bits per heavy atom. The van der Waals surface area contributed by atoms with E-state index in [1.807, 2.05) is 0 Å². The maximum Gasteiger partial charge on any atom is 0.387 e. The molecule has 1 fully saturated rings. The molecule has 0 aliphatic carbocycles. The van der Waals surface area contributed by atoms with Crippen molar-refractivity contribution < 1.29 is 22.6 Å². The van der Waals surface area contributed by atoms with Gasteiger partial charge in [0.15, 0.2) is 11.6 Å². The number of rotatable bonds is 5. The van der Waals surface area contributed by atoms with Gasteiger partial charge in [-0.15, -0.1) is 0 Å². The lowest BCUT2D eigenvalue weighted by molar-refractivity contribution is -0.0522. The van der Waals surface area contributed by atoms with Gasteiger partial charge in [-0.25, -0.2) is 4.39 Å². The molecule has 7 heteroatoms. The molecular weight excluding hydrogens is 297 g/mol. The quantitative estimate of drug-likeness (QED) is 0.849. The van der Waals surface area contributed by atoms with Crippen molar-refractivity contribution in [2.75, 3.05) is 6.61 Å². The molecule has 0 saturated carbocycles. The molecule has 0 N–H and O–H groups in total. The molecule has 4 nitrogen and oxygen atoms in total. The molecule has 1 aromatic carbocycles. The van der Waals surface area contributed by atoms with E-state index in [0.29, 0.717) is 12.2 Å². The van der Waals surface area contributed by atoms with E-state index >= 15 is 0 Å². The highest BCUT2D eigenvalue weighted by Crippen LogP contribution is 2.33. The molecule has 2 aromatic rings. The molecule has 0 amide bonds. The Bertz CT molecular complexity index is 613. The molecule has 0 bridgehead atoms. The van der Waals surface area contributed by atoms with Crippen LogP contribution in [-0.2, 0) is 4.74 Å². The van der Waals surface area contributed by atoms with E-state index in [1.54, 1.807) is 29.2 Å². The Morgan fingerprint density at radius 3 is 2.86 bits per heavy atom. The fraction of sp³-hybridized carbons (Fsp3) is 0.400. The molecule has 1 aliphatic rings. The van der Waals surface area contributed by atoms with Crippen molar-refractivity contribution in [1.29, 1.82) is 0 Å². The van der Waals surface area contributed by atoms with E-state index in [0.717, 1.165) is 18.9 Å². The third-order valence-corrected chi connectivity index (χ3v) is 3.64. The third-order valence-electron chi connectivity index (χ3n) is 3.64. The van der Waals surface area contributed by atoms with Crippen molar-refractivity contribution in [2.45, 2.75) is 31.6 Å². The van der Waals surface area contributed by atoms with Crippen LogP contribution in [0.4, 0.5) is 13.2 Å². The maximum absolute atomic E-state index is 13.6. The van der Waals surface area contributed by atoms with Gasteiger partial charge in [-0.1, -0.05) is 6.07 Å². The average molecular weight is 312 g/mol. The second-order valence-corrected chi connectivity index (χ2v) is 5.05. The summed E-state index contributed by atoms with van der Waals surface area (Å²) in [5.41, 5.74) is 0.618. The highest BCUT2D eigenvalue weighted by atomic mass is 19.3. The van der Waals surface area contributed by atoms with Crippen LogP contribution in [0.3, 0.4) is 0 Å². The molecule has 2 heterocycles. The molecule has 1 aromatic heterocycles. The molecule has 1 aliphatic heterocycles. The minimum atomic E-state index is -3.07. The summed E-state index contributed by atoms with van der Waals surface area (Å²) in [6.07, 6.45) is 5.01. The third kappa shape index (κ3) is 3.09. The van der Waals surface area contributed by atoms with Crippen LogP contribution >= 0.6 is 0 Å². The number of hydrogen-bond acceptors (Lipinski definition) is 3. The number of aromatic nitrogens is 2. The van der Waals surface area contributed by atoms with E-state index in [2.05, 4.69) is 9.84 Å². The molecule has 22 heavy (non-hydrogen) atoms. The smallest absolute Gasteiger partial charge is 0.387 e. The number of ether oxygens (including phenoxy) is 2. The second kappa shape index (κ2) is 6.39. The van der Waals surface area contributed by atoms with Crippen LogP contribution in [0.25, 0.3) is 0 Å². The lowest BCUT2D eigenvalue weighted by Crippen LogP contribution is -2.25. The summed E-state index contributed by atoms with van der Waals surface area (Å²) < 4.78 is 50.0. The van der Waals surface area contributed by atoms with Crippen molar-refractivity contribution >= 4 is 0 Å². The van der Waals surface area contributed by atoms with Crippen LogP contribution in [-0.4, -0.2) is 29.1 Å². The van der Waals surface area contributed by atoms with E-state index in [4.69, 9.17) is 4.74 Å². The van der Waals surface area contributed by atoms with Gasteiger partial charge in [0, 0.05) is 19.0 Å². The lowest BCUT2D eigenvalue weighted by Gasteiger charge is -2.24. The highest BCUT2D eigenvalue weighted by molar-refractivity contribution is 5.33. The SMILES string of the molecule is Fc1ccc(C(C2CCCO2)n2cccn2)cc1OC(F)F. The molecule has 0 spiro atoms. The van der Waals surface area contributed by atoms with Crippen molar-refractivity contribution in [3.8, 4) is 5.75 Å². The first-order valence-electron chi connectivity index (χ1n) is 7.00. The van der Waals surface area contributed by atoms with Gasteiger partial charge in [-0.2, -0.15) is 13.9 Å². The van der Waals surface area contributed by atoms with Crippen molar-refractivity contribution in [1.82, 2.24) is 9.78 Å². The standard InChI is InChI=1S/C15H15F3N2O2/c16-11-5-4-10(9-13(11)22-15(17)18)14(12-3-1-8-21-12)20-7-2-6-19-20/h2,4-7,9,12,14-15H,1,3,8H2. The fourth-order valence-electron chi connectivity index (χ4n) is 2.72. The van der Waals surface area contributed by atoms with Crippen LogP contribution in [0.1, 0.15) is 24.4 Å². The summed E-state index contributed by atoms with van der Waals surface area (Å²) in [6.45, 7) is -2.43. The van der Waals surface area contributed by atoms with Gasteiger partial charge in [-0.05, 0) is 36.6 Å². The zero-order valence-electron chi connectivity index (χ0n) is 11.7.